The highest BCUT2D eigenvalue weighted by atomic mass is 16.2. The molecule has 3 nitrogen and oxygen atoms in total. The summed E-state index contributed by atoms with van der Waals surface area (Å²) in [4.78, 5) is 23.5. The number of imide groups is 1. The van der Waals surface area contributed by atoms with E-state index >= 15 is 0 Å². The van der Waals surface area contributed by atoms with Crippen LogP contribution in [0.3, 0.4) is 0 Å². The fourth-order valence-corrected chi connectivity index (χ4v) is 1.49. The molecule has 0 bridgehead atoms. The molecule has 1 aliphatic heterocycles. The first-order valence-electron chi connectivity index (χ1n) is 3.81. The number of rotatable bonds is 0. The molecule has 2 amide bonds. The molecule has 2 aliphatic rings. The van der Waals surface area contributed by atoms with Crippen molar-refractivity contribution in [2.45, 2.75) is 12.8 Å². The van der Waals surface area contributed by atoms with Gasteiger partial charge in [0.15, 0.2) is 0 Å². The van der Waals surface area contributed by atoms with Crippen LogP contribution >= 0.6 is 0 Å². The summed E-state index contributed by atoms with van der Waals surface area (Å²) in [6.07, 6.45) is 5.13. The van der Waals surface area contributed by atoms with E-state index in [2.05, 4.69) is 7.05 Å². The molecule has 12 heavy (non-hydrogen) atoms. The second-order valence-electron chi connectivity index (χ2n) is 2.87. The normalized spacial score (nSPS) is 22.2. The van der Waals surface area contributed by atoms with Crippen LogP contribution in [0.5, 0.6) is 0 Å². The van der Waals surface area contributed by atoms with Gasteiger partial charge in [-0.2, -0.15) is 0 Å². The molecule has 0 aromatic rings. The summed E-state index contributed by atoms with van der Waals surface area (Å²) < 4.78 is 0. The van der Waals surface area contributed by atoms with Crippen molar-refractivity contribution in [3.05, 3.63) is 30.3 Å². The van der Waals surface area contributed by atoms with Crippen molar-refractivity contribution in [2.75, 3.05) is 0 Å². The monoisotopic (exact) mass is 162 g/mol. The Kier molecular flexibility index (Phi) is 1.40. The molecule has 1 heterocycles. The van der Waals surface area contributed by atoms with Crippen LogP contribution in [-0.4, -0.2) is 16.7 Å². The van der Waals surface area contributed by atoms with Crippen molar-refractivity contribution in [3.8, 4) is 0 Å². The van der Waals surface area contributed by atoms with Gasteiger partial charge in [-0.25, -0.2) is 0 Å². The molecule has 0 unspecified atom stereocenters. The smallest absolute Gasteiger partial charge is 0.261 e. The Morgan fingerprint density at radius 2 is 2.08 bits per heavy atom. The number of amides is 2. The van der Waals surface area contributed by atoms with Crippen LogP contribution in [0.4, 0.5) is 0 Å². The molecule has 0 saturated heterocycles. The van der Waals surface area contributed by atoms with Crippen molar-refractivity contribution < 1.29 is 9.59 Å². The summed E-state index contributed by atoms with van der Waals surface area (Å²) in [5.41, 5.74) is 1.15. The van der Waals surface area contributed by atoms with Crippen molar-refractivity contribution in [2.24, 2.45) is 0 Å². The summed E-state index contributed by atoms with van der Waals surface area (Å²) in [6, 6.07) is 0. The predicted molar refractivity (Wildman–Crippen MR) is 42.6 cm³/mol. The topological polar surface area (TPSA) is 37.4 Å². The first-order valence-corrected chi connectivity index (χ1v) is 3.81. The largest absolute Gasteiger partial charge is 0.273 e. The zero-order chi connectivity index (χ0) is 8.72. The maximum Gasteiger partial charge on any atom is 0.261 e. The van der Waals surface area contributed by atoms with Gasteiger partial charge in [-0.1, -0.05) is 12.2 Å². The molecular formula is C9H8NO2. The third kappa shape index (κ3) is 0.763. The number of carbonyl (C=O) groups is 2. The Morgan fingerprint density at radius 1 is 1.33 bits per heavy atom. The summed E-state index contributed by atoms with van der Waals surface area (Å²) in [6.45, 7) is 0. The molecule has 0 fully saturated rings. The fraction of sp³-hybridized carbons (Fsp3) is 0.222. The third-order valence-electron chi connectivity index (χ3n) is 2.15. The Labute approximate surface area is 70.4 Å². The van der Waals surface area contributed by atoms with Crippen molar-refractivity contribution >= 4 is 11.8 Å². The van der Waals surface area contributed by atoms with Gasteiger partial charge < -0.3 is 0 Å². The first kappa shape index (κ1) is 7.28. The van der Waals surface area contributed by atoms with Gasteiger partial charge in [0.1, 0.15) is 0 Å². The molecule has 1 aliphatic carbocycles. The molecule has 0 aromatic carbocycles. The van der Waals surface area contributed by atoms with Crippen LogP contribution in [0.2, 0.25) is 0 Å². The Bertz CT molecular complexity index is 325. The predicted octanol–water partition coefficient (Wildman–Crippen LogP) is 0.793. The van der Waals surface area contributed by atoms with E-state index in [1.165, 1.54) is 0 Å². The zero-order valence-electron chi connectivity index (χ0n) is 6.54. The number of hydrogen-bond donors (Lipinski definition) is 0. The summed E-state index contributed by atoms with van der Waals surface area (Å²) in [5, 5.41) is 0. The Morgan fingerprint density at radius 3 is 2.75 bits per heavy atom. The minimum absolute atomic E-state index is 0.237. The fourth-order valence-electron chi connectivity index (χ4n) is 1.49. The molecule has 0 atom stereocenters. The van der Waals surface area contributed by atoms with E-state index in [1.54, 1.807) is 6.08 Å². The van der Waals surface area contributed by atoms with Gasteiger partial charge in [0.25, 0.3) is 11.8 Å². The molecule has 0 spiro atoms. The highest BCUT2D eigenvalue weighted by Gasteiger charge is 2.34. The van der Waals surface area contributed by atoms with Crippen LogP contribution in [0.1, 0.15) is 12.8 Å². The van der Waals surface area contributed by atoms with Gasteiger partial charge in [0, 0.05) is 18.2 Å². The lowest BCUT2D eigenvalue weighted by Crippen LogP contribution is -2.24. The molecule has 2 rings (SSSR count). The lowest BCUT2D eigenvalue weighted by molar-refractivity contribution is -0.134. The summed E-state index contributed by atoms with van der Waals surface area (Å²) >= 11 is 0. The number of allylic oxidation sites excluding steroid dienone is 1. The van der Waals surface area contributed by atoms with E-state index in [9.17, 15) is 9.59 Å². The van der Waals surface area contributed by atoms with Crippen molar-refractivity contribution in [1.29, 1.82) is 0 Å². The van der Waals surface area contributed by atoms with Gasteiger partial charge in [0.2, 0.25) is 0 Å². The van der Waals surface area contributed by atoms with Crippen LogP contribution in [0.25, 0.3) is 0 Å². The third-order valence-corrected chi connectivity index (χ3v) is 2.15. The van der Waals surface area contributed by atoms with E-state index < -0.39 is 0 Å². The zero-order valence-corrected chi connectivity index (χ0v) is 6.54. The van der Waals surface area contributed by atoms with Crippen molar-refractivity contribution in [3.63, 3.8) is 0 Å². The molecule has 0 saturated carbocycles. The average molecular weight is 162 g/mol. The lowest BCUT2D eigenvalue weighted by atomic mass is 10.00. The van der Waals surface area contributed by atoms with Crippen molar-refractivity contribution in [1.82, 2.24) is 4.90 Å². The van der Waals surface area contributed by atoms with Crippen LogP contribution in [0.15, 0.2) is 23.3 Å². The van der Waals surface area contributed by atoms with E-state index in [0.29, 0.717) is 17.6 Å². The molecule has 61 valence electrons. The molecule has 0 N–H and O–H groups in total. The van der Waals surface area contributed by atoms with Gasteiger partial charge in [-0.15, -0.1) is 0 Å². The SMILES string of the molecule is [CH2]N1C(=O)C2=C(CCC=C2)C1=O. The molecule has 3 heteroatoms. The second kappa shape index (κ2) is 2.30. The minimum Gasteiger partial charge on any atom is -0.273 e. The number of nitrogens with zero attached hydrogens (tertiary/aromatic N) is 1. The van der Waals surface area contributed by atoms with Crippen LogP contribution < -0.4 is 0 Å². The Balaban J connectivity index is 2.49. The maximum absolute atomic E-state index is 11.3. The standard InChI is InChI=1S/C9H8NO2/c1-10-8(11)6-4-2-3-5-7(6)9(10)12/h2,4H,1,3,5H2. The van der Waals surface area contributed by atoms with Crippen LogP contribution in [-0.2, 0) is 9.59 Å². The summed E-state index contributed by atoms with van der Waals surface area (Å²) in [7, 11) is 3.38. The van der Waals surface area contributed by atoms with Gasteiger partial charge >= 0.3 is 0 Å². The van der Waals surface area contributed by atoms with Crippen LogP contribution in [0, 0.1) is 7.05 Å². The minimum atomic E-state index is -0.272. The van der Waals surface area contributed by atoms with E-state index in [4.69, 9.17) is 0 Å². The highest BCUT2D eigenvalue weighted by molar-refractivity contribution is 6.21. The van der Waals surface area contributed by atoms with Gasteiger partial charge in [-0.3, -0.25) is 14.5 Å². The summed E-state index contributed by atoms with van der Waals surface area (Å²) in [5.74, 6) is -0.509. The first-order chi connectivity index (χ1) is 5.72. The quantitative estimate of drug-likeness (QED) is 0.494. The average Bonchev–Trinajstić information content (AvgIpc) is 2.33. The maximum atomic E-state index is 11.3. The van der Waals surface area contributed by atoms with Gasteiger partial charge in [0.05, 0.1) is 0 Å². The lowest BCUT2D eigenvalue weighted by Gasteiger charge is -2.04. The molecule has 0 aromatic heterocycles. The van der Waals surface area contributed by atoms with E-state index in [-0.39, 0.29) is 11.8 Å². The Hall–Kier alpha value is -1.38. The molecule has 1 radical (unpaired) electrons. The van der Waals surface area contributed by atoms with E-state index in [1.807, 2.05) is 6.08 Å². The highest BCUT2D eigenvalue weighted by Crippen LogP contribution is 2.27. The van der Waals surface area contributed by atoms with E-state index in [0.717, 1.165) is 11.3 Å². The number of carbonyl (C=O) groups excluding carboxylic acids is 2. The van der Waals surface area contributed by atoms with Gasteiger partial charge in [-0.05, 0) is 12.8 Å². The molecular weight excluding hydrogens is 154 g/mol. The second-order valence-corrected chi connectivity index (χ2v) is 2.87. The number of hydrogen-bond acceptors (Lipinski definition) is 2.